The van der Waals surface area contributed by atoms with Gasteiger partial charge in [0.05, 0.1) is 0 Å². The Labute approximate surface area is 133 Å². The fourth-order valence-corrected chi connectivity index (χ4v) is 2.90. The first-order valence-corrected chi connectivity index (χ1v) is 8.18. The van der Waals surface area contributed by atoms with Gasteiger partial charge in [-0.05, 0) is 52.6 Å². The minimum atomic E-state index is 0.386. The molecule has 0 aromatic carbocycles. The third-order valence-electron chi connectivity index (χ3n) is 4.05. The average molecular weight is 304 g/mol. The van der Waals surface area contributed by atoms with Crippen LogP contribution in [-0.4, -0.2) is 46.5 Å². The van der Waals surface area contributed by atoms with E-state index in [2.05, 4.69) is 32.1 Å². The normalized spacial score (nSPS) is 20.1. The van der Waals surface area contributed by atoms with Crippen molar-refractivity contribution >= 4 is 11.9 Å². The number of nitrogens with zero attached hydrogens (tertiary/aromatic N) is 4. The number of hydrogen-bond donors (Lipinski definition) is 2. The van der Waals surface area contributed by atoms with Gasteiger partial charge in [0.15, 0.2) is 5.96 Å². The van der Waals surface area contributed by atoms with E-state index in [4.69, 9.17) is 5.73 Å². The Morgan fingerprint density at radius 1 is 1.36 bits per heavy atom. The lowest BCUT2D eigenvalue weighted by Crippen LogP contribution is -2.38. The number of aromatic nitrogens is 2. The van der Waals surface area contributed by atoms with Gasteiger partial charge in [0.25, 0.3) is 0 Å². The van der Waals surface area contributed by atoms with Crippen molar-refractivity contribution in [2.45, 2.75) is 52.5 Å². The molecular formula is C16H28N6. The van der Waals surface area contributed by atoms with Crippen molar-refractivity contribution in [1.29, 1.82) is 0 Å². The van der Waals surface area contributed by atoms with E-state index in [-0.39, 0.29) is 0 Å². The molecule has 0 amide bonds. The summed E-state index contributed by atoms with van der Waals surface area (Å²) in [5.74, 6) is 0.903. The molecule has 1 aliphatic rings. The molecule has 122 valence electrons. The molecule has 0 bridgehead atoms. The van der Waals surface area contributed by atoms with E-state index in [1.165, 1.54) is 25.8 Å². The van der Waals surface area contributed by atoms with E-state index >= 15 is 0 Å². The maximum atomic E-state index is 5.90. The summed E-state index contributed by atoms with van der Waals surface area (Å²) >= 11 is 0. The quantitative estimate of drug-likeness (QED) is 0.494. The highest BCUT2D eigenvalue weighted by Crippen LogP contribution is 2.16. The molecule has 2 heterocycles. The lowest BCUT2D eigenvalue weighted by Gasteiger charge is -2.33. The zero-order chi connectivity index (χ0) is 15.9. The standard InChI is InChI=1S/C16H28N6/c1-12-11-13(2)20-16(19-12)21-15(17)18-8-6-10-22-9-5-4-7-14(22)3/h11,14H,4-10H2,1-3H3,(H3,17,18,19,20,21). The van der Waals surface area contributed by atoms with Gasteiger partial charge < -0.3 is 10.6 Å². The molecule has 1 unspecified atom stereocenters. The van der Waals surface area contributed by atoms with E-state index in [0.717, 1.165) is 30.9 Å². The Kier molecular flexibility index (Phi) is 6.12. The predicted octanol–water partition coefficient (Wildman–Crippen LogP) is 2.08. The van der Waals surface area contributed by atoms with Crippen LogP contribution in [0, 0.1) is 13.8 Å². The van der Waals surface area contributed by atoms with Crippen LogP contribution in [0.4, 0.5) is 5.95 Å². The largest absolute Gasteiger partial charge is 0.370 e. The van der Waals surface area contributed by atoms with Crippen LogP contribution in [0.2, 0.25) is 0 Å². The Morgan fingerprint density at radius 3 is 2.77 bits per heavy atom. The number of hydrogen-bond acceptors (Lipinski definition) is 4. The van der Waals surface area contributed by atoms with Crippen LogP contribution in [0.25, 0.3) is 0 Å². The molecule has 1 fully saturated rings. The molecule has 0 saturated carbocycles. The fraction of sp³-hybridized carbons (Fsp3) is 0.688. The number of piperidine rings is 1. The molecule has 1 saturated heterocycles. The number of anilines is 1. The summed E-state index contributed by atoms with van der Waals surface area (Å²) in [7, 11) is 0. The zero-order valence-electron chi connectivity index (χ0n) is 14.0. The van der Waals surface area contributed by atoms with Gasteiger partial charge in [0.2, 0.25) is 5.95 Å². The van der Waals surface area contributed by atoms with Crippen molar-refractivity contribution in [3.63, 3.8) is 0 Å². The molecule has 0 aliphatic carbocycles. The number of nitrogens with two attached hydrogens (primary N) is 1. The van der Waals surface area contributed by atoms with Crippen LogP contribution >= 0.6 is 0 Å². The Morgan fingerprint density at radius 2 is 2.09 bits per heavy atom. The lowest BCUT2D eigenvalue weighted by atomic mass is 10.0. The summed E-state index contributed by atoms with van der Waals surface area (Å²) in [6, 6.07) is 2.63. The minimum absolute atomic E-state index is 0.386. The molecule has 1 atom stereocenters. The van der Waals surface area contributed by atoms with Gasteiger partial charge in [-0.15, -0.1) is 0 Å². The van der Waals surface area contributed by atoms with Gasteiger partial charge >= 0.3 is 0 Å². The third kappa shape index (κ3) is 5.26. The molecule has 3 N–H and O–H groups in total. The second-order valence-electron chi connectivity index (χ2n) is 6.10. The third-order valence-corrected chi connectivity index (χ3v) is 4.05. The van der Waals surface area contributed by atoms with Crippen LogP contribution in [0.3, 0.4) is 0 Å². The number of aliphatic imine (C=N–C) groups is 1. The van der Waals surface area contributed by atoms with Crippen LogP contribution in [0.5, 0.6) is 0 Å². The molecular weight excluding hydrogens is 276 g/mol. The second kappa shape index (κ2) is 8.08. The molecule has 0 radical (unpaired) electrons. The Hall–Kier alpha value is -1.69. The smallest absolute Gasteiger partial charge is 0.229 e. The molecule has 22 heavy (non-hydrogen) atoms. The summed E-state index contributed by atoms with van der Waals surface area (Å²) in [6.07, 6.45) is 5.03. The fourth-order valence-electron chi connectivity index (χ4n) is 2.90. The first-order valence-electron chi connectivity index (χ1n) is 8.18. The van der Waals surface area contributed by atoms with E-state index in [0.29, 0.717) is 17.9 Å². The lowest BCUT2D eigenvalue weighted by molar-refractivity contribution is 0.160. The molecule has 1 aromatic heterocycles. The van der Waals surface area contributed by atoms with Crippen LogP contribution in [-0.2, 0) is 0 Å². The van der Waals surface area contributed by atoms with Crippen molar-refractivity contribution in [2.75, 3.05) is 25.0 Å². The van der Waals surface area contributed by atoms with Crippen molar-refractivity contribution < 1.29 is 0 Å². The summed E-state index contributed by atoms with van der Waals surface area (Å²) in [4.78, 5) is 15.5. The Balaban J connectivity index is 1.75. The van der Waals surface area contributed by atoms with Gasteiger partial charge in [0.1, 0.15) is 0 Å². The maximum Gasteiger partial charge on any atom is 0.229 e. The highest BCUT2D eigenvalue weighted by Gasteiger charge is 2.16. The number of aryl methyl sites for hydroxylation is 2. The Bertz CT molecular complexity index is 493. The minimum Gasteiger partial charge on any atom is -0.370 e. The van der Waals surface area contributed by atoms with E-state index < -0.39 is 0 Å². The highest BCUT2D eigenvalue weighted by atomic mass is 15.2. The van der Waals surface area contributed by atoms with E-state index in [9.17, 15) is 0 Å². The zero-order valence-corrected chi connectivity index (χ0v) is 14.0. The first-order chi connectivity index (χ1) is 10.5. The van der Waals surface area contributed by atoms with Crippen molar-refractivity contribution in [2.24, 2.45) is 10.7 Å². The summed E-state index contributed by atoms with van der Waals surface area (Å²) in [5, 5.41) is 2.96. The SMILES string of the molecule is Cc1cc(C)nc(NC(N)=NCCCN2CCCCC2C)n1. The predicted molar refractivity (Wildman–Crippen MR) is 91.1 cm³/mol. The number of nitrogens with one attached hydrogen (secondary N) is 1. The summed E-state index contributed by atoms with van der Waals surface area (Å²) in [5.41, 5.74) is 7.73. The van der Waals surface area contributed by atoms with E-state index in [1.807, 2.05) is 19.9 Å². The van der Waals surface area contributed by atoms with Gasteiger partial charge in [-0.2, -0.15) is 0 Å². The van der Waals surface area contributed by atoms with Crippen molar-refractivity contribution in [3.8, 4) is 0 Å². The monoisotopic (exact) mass is 304 g/mol. The van der Waals surface area contributed by atoms with E-state index in [1.54, 1.807) is 0 Å². The van der Waals surface area contributed by atoms with Crippen molar-refractivity contribution in [1.82, 2.24) is 14.9 Å². The molecule has 6 heteroatoms. The first kappa shape index (κ1) is 16.7. The van der Waals surface area contributed by atoms with Gasteiger partial charge in [-0.25, -0.2) is 9.97 Å². The van der Waals surface area contributed by atoms with Gasteiger partial charge in [0, 0.05) is 30.5 Å². The molecule has 1 aliphatic heterocycles. The average Bonchev–Trinajstić information content (AvgIpc) is 2.44. The van der Waals surface area contributed by atoms with Crippen LogP contribution in [0.15, 0.2) is 11.1 Å². The number of rotatable bonds is 5. The highest BCUT2D eigenvalue weighted by molar-refractivity contribution is 5.90. The molecule has 6 nitrogen and oxygen atoms in total. The molecule has 0 spiro atoms. The second-order valence-corrected chi connectivity index (χ2v) is 6.10. The number of likely N-dealkylation sites (tertiary alicyclic amines) is 1. The van der Waals surface area contributed by atoms with Crippen molar-refractivity contribution in [3.05, 3.63) is 17.5 Å². The number of guanidine groups is 1. The van der Waals surface area contributed by atoms with Gasteiger partial charge in [-0.1, -0.05) is 6.42 Å². The summed E-state index contributed by atoms with van der Waals surface area (Å²) in [6.45, 7) is 9.23. The molecule has 2 rings (SSSR count). The van der Waals surface area contributed by atoms with Crippen LogP contribution in [0.1, 0.15) is 44.0 Å². The maximum absolute atomic E-state index is 5.90. The topological polar surface area (TPSA) is 79.4 Å². The molecule has 1 aromatic rings. The van der Waals surface area contributed by atoms with Gasteiger partial charge in [-0.3, -0.25) is 10.3 Å². The van der Waals surface area contributed by atoms with Crippen LogP contribution < -0.4 is 11.1 Å². The summed E-state index contributed by atoms with van der Waals surface area (Å²) < 4.78 is 0.